The number of ether oxygens (including phenoxy) is 1. The van der Waals surface area contributed by atoms with Crippen molar-refractivity contribution < 1.29 is 14.3 Å². The van der Waals surface area contributed by atoms with Crippen molar-refractivity contribution in [2.45, 2.75) is 6.54 Å². The van der Waals surface area contributed by atoms with Crippen LogP contribution < -0.4 is 5.32 Å². The molecule has 7 heteroatoms. The van der Waals surface area contributed by atoms with Crippen molar-refractivity contribution in [3.63, 3.8) is 0 Å². The molecule has 0 spiro atoms. The predicted octanol–water partition coefficient (Wildman–Crippen LogP) is 3.48. The van der Waals surface area contributed by atoms with Crippen LogP contribution in [-0.4, -0.2) is 55.1 Å². The second-order valence-electron chi connectivity index (χ2n) is 6.37. The van der Waals surface area contributed by atoms with Crippen molar-refractivity contribution in [3.8, 4) is 0 Å². The van der Waals surface area contributed by atoms with Crippen LogP contribution in [0, 0.1) is 0 Å². The average Bonchev–Trinajstić information content (AvgIpc) is 2.68. The highest BCUT2D eigenvalue weighted by molar-refractivity contribution is 6.30. The van der Waals surface area contributed by atoms with Crippen LogP contribution in [0.25, 0.3) is 0 Å². The molecule has 0 unspecified atom stereocenters. The SMILES string of the molecule is CN(Cc1cccc(Cl)c1)C(=O)Nc1ccccc1C(=O)N1CCOCC1. The van der Waals surface area contributed by atoms with Crippen LogP contribution in [0.5, 0.6) is 0 Å². The topological polar surface area (TPSA) is 61.9 Å². The Balaban J connectivity index is 1.69. The zero-order valence-electron chi connectivity index (χ0n) is 15.2. The summed E-state index contributed by atoms with van der Waals surface area (Å²) in [6.07, 6.45) is 0. The molecule has 1 saturated heterocycles. The van der Waals surface area contributed by atoms with Gasteiger partial charge in [0.1, 0.15) is 0 Å². The number of carbonyl (C=O) groups excluding carboxylic acids is 2. The first-order valence-electron chi connectivity index (χ1n) is 8.77. The number of amides is 3. The Hall–Kier alpha value is -2.57. The molecule has 0 aromatic heterocycles. The number of hydrogen-bond acceptors (Lipinski definition) is 3. The Morgan fingerprint density at radius 3 is 2.63 bits per heavy atom. The first-order valence-corrected chi connectivity index (χ1v) is 9.15. The summed E-state index contributed by atoms with van der Waals surface area (Å²) in [6, 6.07) is 14.1. The summed E-state index contributed by atoms with van der Waals surface area (Å²) in [4.78, 5) is 28.7. The van der Waals surface area contributed by atoms with Gasteiger partial charge in [-0.25, -0.2) is 4.79 Å². The first kappa shape index (κ1) is 19.2. The standard InChI is InChI=1S/C20H22ClN3O3/c1-23(14-15-5-4-6-16(21)13-15)20(26)22-18-8-3-2-7-17(18)19(25)24-9-11-27-12-10-24/h2-8,13H,9-12,14H2,1H3,(H,22,26). The van der Waals surface area contributed by atoms with E-state index in [-0.39, 0.29) is 11.9 Å². The lowest BCUT2D eigenvalue weighted by Crippen LogP contribution is -2.41. The summed E-state index contributed by atoms with van der Waals surface area (Å²) >= 11 is 6.00. The van der Waals surface area contributed by atoms with Crippen LogP contribution in [-0.2, 0) is 11.3 Å². The van der Waals surface area contributed by atoms with Crippen LogP contribution in [0.1, 0.15) is 15.9 Å². The summed E-state index contributed by atoms with van der Waals surface area (Å²) in [5, 5.41) is 3.47. The van der Waals surface area contributed by atoms with Gasteiger partial charge in [-0.1, -0.05) is 35.9 Å². The third kappa shape index (κ3) is 4.99. The molecule has 2 aromatic carbocycles. The number of urea groups is 1. The minimum atomic E-state index is -0.294. The van der Waals surface area contributed by atoms with Crippen LogP contribution >= 0.6 is 11.6 Å². The van der Waals surface area contributed by atoms with Gasteiger partial charge in [0.15, 0.2) is 0 Å². The molecule has 1 aliphatic heterocycles. The third-order valence-electron chi connectivity index (χ3n) is 4.35. The lowest BCUT2D eigenvalue weighted by atomic mass is 10.1. The number of nitrogens with zero attached hydrogens (tertiary/aromatic N) is 2. The van der Waals surface area contributed by atoms with E-state index in [0.29, 0.717) is 49.1 Å². The maximum Gasteiger partial charge on any atom is 0.321 e. The quantitative estimate of drug-likeness (QED) is 0.873. The maximum atomic E-state index is 12.8. The predicted molar refractivity (Wildman–Crippen MR) is 105 cm³/mol. The Kier molecular flexibility index (Phi) is 6.32. The molecule has 142 valence electrons. The van der Waals surface area contributed by atoms with E-state index in [0.717, 1.165) is 5.56 Å². The van der Waals surface area contributed by atoms with E-state index in [9.17, 15) is 9.59 Å². The Morgan fingerprint density at radius 2 is 1.89 bits per heavy atom. The number of rotatable bonds is 4. The third-order valence-corrected chi connectivity index (χ3v) is 4.59. The largest absolute Gasteiger partial charge is 0.378 e. The number of morpholine rings is 1. The van der Waals surface area contributed by atoms with Crippen LogP contribution in [0.4, 0.5) is 10.5 Å². The molecule has 6 nitrogen and oxygen atoms in total. The van der Waals surface area contributed by atoms with Gasteiger partial charge in [-0.3, -0.25) is 4.79 Å². The zero-order valence-corrected chi connectivity index (χ0v) is 15.9. The van der Waals surface area contributed by atoms with Gasteiger partial charge in [-0.05, 0) is 29.8 Å². The molecule has 0 saturated carbocycles. The van der Waals surface area contributed by atoms with Gasteiger partial charge in [0.25, 0.3) is 5.91 Å². The lowest BCUT2D eigenvalue weighted by molar-refractivity contribution is 0.0303. The molecule has 2 aromatic rings. The fourth-order valence-corrected chi connectivity index (χ4v) is 3.12. The zero-order chi connectivity index (χ0) is 19.2. The van der Waals surface area contributed by atoms with Gasteiger partial charge in [0.05, 0.1) is 24.5 Å². The first-order chi connectivity index (χ1) is 13.0. The van der Waals surface area contributed by atoms with E-state index in [2.05, 4.69) is 5.32 Å². The van der Waals surface area contributed by atoms with Gasteiger partial charge < -0.3 is 19.9 Å². The van der Waals surface area contributed by atoms with Gasteiger partial charge in [-0.15, -0.1) is 0 Å². The molecule has 1 fully saturated rings. The van der Waals surface area contributed by atoms with E-state index in [4.69, 9.17) is 16.3 Å². The fourth-order valence-electron chi connectivity index (χ4n) is 2.91. The van der Waals surface area contributed by atoms with Crippen LogP contribution in [0.2, 0.25) is 5.02 Å². The summed E-state index contributed by atoms with van der Waals surface area (Å²) in [6.45, 7) is 2.57. The van der Waals surface area contributed by atoms with Gasteiger partial charge in [0.2, 0.25) is 0 Å². The lowest BCUT2D eigenvalue weighted by Gasteiger charge is -2.28. The van der Waals surface area contributed by atoms with E-state index in [1.165, 1.54) is 0 Å². The minimum absolute atomic E-state index is 0.105. The Labute approximate surface area is 163 Å². The van der Waals surface area contributed by atoms with Crippen molar-refractivity contribution in [3.05, 3.63) is 64.7 Å². The number of benzene rings is 2. The van der Waals surface area contributed by atoms with E-state index >= 15 is 0 Å². The number of anilines is 1. The summed E-state index contributed by atoms with van der Waals surface area (Å²) in [7, 11) is 1.70. The Bertz CT molecular complexity index is 822. The Morgan fingerprint density at radius 1 is 1.15 bits per heavy atom. The smallest absolute Gasteiger partial charge is 0.321 e. The van der Waals surface area contributed by atoms with Gasteiger partial charge in [0, 0.05) is 31.7 Å². The average molecular weight is 388 g/mol. The minimum Gasteiger partial charge on any atom is -0.378 e. The van der Waals surface area contributed by atoms with Crippen LogP contribution in [0.15, 0.2) is 48.5 Å². The van der Waals surface area contributed by atoms with Gasteiger partial charge in [-0.2, -0.15) is 0 Å². The number of nitrogens with one attached hydrogen (secondary N) is 1. The highest BCUT2D eigenvalue weighted by Gasteiger charge is 2.22. The van der Waals surface area contributed by atoms with Crippen molar-refractivity contribution in [2.75, 3.05) is 38.7 Å². The second-order valence-corrected chi connectivity index (χ2v) is 6.80. The molecule has 0 aliphatic carbocycles. The van der Waals surface area contributed by atoms with Crippen LogP contribution in [0.3, 0.4) is 0 Å². The summed E-state index contributed by atoms with van der Waals surface area (Å²) < 4.78 is 5.30. The molecular formula is C20H22ClN3O3. The number of halogens is 1. The van der Waals surface area contributed by atoms with Crippen molar-refractivity contribution in [1.82, 2.24) is 9.80 Å². The van der Waals surface area contributed by atoms with Crippen molar-refractivity contribution in [1.29, 1.82) is 0 Å². The normalized spacial score (nSPS) is 13.9. The number of para-hydroxylation sites is 1. The molecule has 27 heavy (non-hydrogen) atoms. The number of hydrogen-bond donors (Lipinski definition) is 1. The molecule has 1 aliphatic rings. The molecule has 0 atom stereocenters. The van der Waals surface area contributed by atoms with E-state index in [1.54, 1.807) is 47.2 Å². The summed E-state index contributed by atoms with van der Waals surface area (Å²) in [5.74, 6) is -0.105. The van der Waals surface area contributed by atoms with Crippen molar-refractivity contribution in [2.24, 2.45) is 0 Å². The maximum absolute atomic E-state index is 12.8. The second kappa shape index (κ2) is 8.88. The molecule has 0 bridgehead atoms. The molecule has 1 heterocycles. The van der Waals surface area contributed by atoms with Crippen molar-refractivity contribution >= 4 is 29.2 Å². The molecule has 3 amide bonds. The molecular weight excluding hydrogens is 366 g/mol. The molecule has 1 N–H and O–H groups in total. The summed E-state index contributed by atoms with van der Waals surface area (Å²) in [5.41, 5.74) is 1.90. The van der Waals surface area contributed by atoms with Gasteiger partial charge >= 0.3 is 6.03 Å². The monoisotopic (exact) mass is 387 g/mol. The van der Waals surface area contributed by atoms with E-state index < -0.39 is 0 Å². The highest BCUT2D eigenvalue weighted by atomic mass is 35.5. The highest BCUT2D eigenvalue weighted by Crippen LogP contribution is 2.19. The molecule has 0 radical (unpaired) electrons. The molecule has 3 rings (SSSR count). The number of carbonyl (C=O) groups is 2. The fraction of sp³-hybridized carbons (Fsp3) is 0.300. The van der Waals surface area contributed by atoms with E-state index in [1.807, 2.05) is 18.2 Å².